The number of carbonyl (C=O) groups excluding carboxylic acids is 1. The van der Waals surface area contributed by atoms with Crippen molar-refractivity contribution < 1.29 is 13.9 Å². The summed E-state index contributed by atoms with van der Waals surface area (Å²) in [5.41, 5.74) is 0. The van der Waals surface area contributed by atoms with Crippen molar-refractivity contribution in [3.63, 3.8) is 0 Å². The van der Waals surface area contributed by atoms with Crippen LogP contribution in [0.1, 0.15) is 6.92 Å². The third-order valence-corrected chi connectivity index (χ3v) is 1.64. The first-order chi connectivity index (χ1) is 5.59. The van der Waals surface area contributed by atoms with Crippen LogP contribution in [0.15, 0.2) is 22.7 Å². The topological polar surface area (TPSA) is 26.3 Å². The Morgan fingerprint density at radius 3 is 2.83 bits per heavy atom. The number of hydrogen-bond donors (Lipinski definition) is 0. The summed E-state index contributed by atoms with van der Waals surface area (Å²) in [6.45, 7) is 1.22. The molecule has 0 amide bonds. The summed E-state index contributed by atoms with van der Waals surface area (Å²) in [5.74, 6) is -1.14. The average Bonchev–Trinajstić information content (AvgIpc) is 1.96. The molecular weight excluding hydrogens is 227 g/mol. The Morgan fingerprint density at radius 1 is 1.58 bits per heavy atom. The van der Waals surface area contributed by atoms with Crippen molar-refractivity contribution >= 4 is 21.9 Å². The predicted molar refractivity (Wildman–Crippen MR) is 45.4 cm³/mol. The summed E-state index contributed by atoms with van der Waals surface area (Å²) < 4.78 is 18.1. The molecule has 0 aliphatic heterocycles. The predicted octanol–water partition coefficient (Wildman–Crippen LogP) is 2.51. The monoisotopic (exact) mass is 232 g/mol. The van der Waals surface area contributed by atoms with E-state index in [0.717, 1.165) is 0 Å². The molecule has 0 fully saturated rings. The number of carbonyl (C=O) groups is 1. The van der Waals surface area contributed by atoms with Gasteiger partial charge in [0.2, 0.25) is 0 Å². The van der Waals surface area contributed by atoms with Gasteiger partial charge < -0.3 is 4.74 Å². The maximum atomic E-state index is 12.8. The zero-order valence-electron chi connectivity index (χ0n) is 6.30. The van der Waals surface area contributed by atoms with Crippen molar-refractivity contribution in [2.75, 3.05) is 0 Å². The van der Waals surface area contributed by atoms with E-state index in [9.17, 15) is 9.18 Å². The van der Waals surface area contributed by atoms with Crippen LogP contribution in [0.3, 0.4) is 0 Å². The average molecular weight is 233 g/mol. The maximum absolute atomic E-state index is 12.8. The van der Waals surface area contributed by atoms with Crippen LogP contribution in [0.4, 0.5) is 4.39 Å². The summed E-state index contributed by atoms with van der Waals surface area (Å²) in [6.07, 6.45) is 0. The zero-order valence-corrected chi connectivity index (χ0v) is 7.89. The highest BCUT2D eigenvalue weighted by molar-refractivity contribution is 9.10. The summed E-state index contributed by atoms with van der Waals surface area (Å²) >= 11 is 3.13. The Labute approximate surface area is 77.5 Å². The first kappa shape index (κ1) is 9.19. The second kappa shape index (κ2) is 3.67. The molecule has 4 heteroatoms. The lowest BCUT2D eigenvalue weighted by Crippen LogP contribution is -2.02. The standard InChI is InChI=1S/C8H6BrFO2/c1-5(11)12-8-4-6(9)2-3-7(8)10/h2-4H,1H3. The molecule has 0 aliphatic rings. The first-order valence-electron chi connectivity index (χ1n) is 3.23. The van der Waals surface area contributed by atoms with Gasteiger partial charge in [-0.3, -0.25) is 4.79 Å². The van der Waals surface area contributed by atoms with Crippen molar-refractivity contribution in [2.24, 2.45) is 0 Å². The molecule has 0 bridgehead atoms. The van der Waals surface area contributed by atoms with Gasteiger partial charge in [0.25, 0.3) is 0 Å². The SMILES string of the molecule is CC(=O)Oc1cc(Br)ccc1F. The van der Waals surface area contributed by atoms with Crippen LogP contribution in [0.5, 0.6) is 5.75 Å². The fraction of sp³-hybridized carbons (Fsp3) is 0.125. The molecule has 0 radical (unpaired) electrons. The Balaban J connectivity index is 2.97. The Bertz CT molecular complexity index is 312. The molecular formula is C8H6BrFO2. The minimum absolute atomic E-state index is 0.0584. The van der Waals surface area contributed by atoms with Gasteiger partial charge in [0, 0.05) is 11.4 Å². The molecule has 2 nitrogen and oxygen atoms in total. The Morgan fingerprint density at radius 2 is 2.25 bits per heavy atom. The molecule has 12 heavy (non-hydrogen) atoms. The smallest absolute Gasteiger partial charge is 0.308 e. The molecule has 0 spiro atoms. The second-order valence-corrected chi connectivity index (χ2v) is 3.08. The molecule has 0 aromatic heterocycles. The van der Waals surface area contributed by atoms with E-state index in [-0.39, 0.29) is 5.75 Å². The fourth-order valence-corrected chi connectivity index (χ4v) is 1.05. The van der Waals surface area contributed by atoms with E-state index in [0.29, 0.717) is 4.47 Å². The quantitative estimate of drug-likeness (QED) is 0.550. The summed E-state index contributed by atoms with van der Waals surface area (Å²) in [7, 11) is 0. The third-order valence-electron chi connectivity index (χ3n) is 1.15. The third kappa shape index (κ3) is 2.30. The summed E-state index contributed by atoms with van der Waals surface area (Å²) in [4.78, 5) is 10.5. The molecule has 1 aromatic rings. The van der Waals surface area contributed by atoms with E-state index in [1.54, 1.807) is 0 Å². The number of esters is 1. The van der Waals surface area contributed by atoms with Crippen LogP contribution in [-0.4, -0.2) is 5.97 Å². The van der Waals surface area contributed by atoms with E-state index in [4.69, 9.17) is 0 Å². The molecule has 0 aliphatic carbocycles. The Kier molecular flexibility index (Phi) is 2.81. The summed E-state index contributed by atoms with van der Waals surface area (Å²) in [6, 6.07) is 4.15. The van der Waals surface area contributed by atoms with Gasteiger partial charge in [-0.2, -0.15) is 0 Å². The van der Waals surface area contributed by atoms with Gasteiger partial charge in [-0.15, -0.1) is 0 Å². The second-order valence-electron chi connectivity index (χ2n) is 2.17. The molecule has 0 atom stereocenters. The fourth-order valence-electron chi connectivity index (χ4n) is 0.710. The largest absolute Gasteiger partial charge is 0.424 e. The number of rotatable bonds is 1. The van der Waals surface area contributed by atoms with Crippen LogP contribution in [0.25, 0.3) is 0 Å². The Hall–Kier alpha value is -0.900. The number of halogens is 2. The van der Waals surface area contributed by atoms with E-state index in [1.165, 1.54) is 25.1 Å². The highest BCUT2D eigenvalue weighted by atomic mass is 79.9. The van der Waals surface area contributed by atoms with E-state index in [1.807, 2.05) is 0 Å². The highest BCUT2D eigenvalue weighted by Crippen LogP contribution is 2.22. The van der Waals surface area contributed by atoms with Gasteiger partial charge in [-0.1, -0.05) is 15.9 Å². The zero-order chi connectivity index (χ0) is 9.14. The van der Waals surface area contributed by atoms with Crippen LogP contribution >= 0.6 is 15.9 Å². The van der Waals surface area contributed by atoms with Gasteiger partial charge in [-0.25, -0.2) is 4.39 Å². The minimum atomic E-state index is -0.548. The molecule has 0 unspecified atom stereocenters. The van der Waals surface area contributed by atoms with E-state index < -0.39 is 11.8 Å². The number of ether oxygens (including phenoxy) is 1. The maximum Gasteiger partial charge on any atom is 0.308 e. The molecule has 1 rings (SSSR count). The molecule has 0 saturated carbocycles. The highest BCUT2D eigenvalue weighted by Gasteiger charge is 2.05. The van der Waals surface area contributed by atoms with Gasteiger partial charge in [0.05, 0.1) is 0 Å². The van der Waals surface area contributed by atoms with Crippen molar-refractivity contribution in [1.82, 2.24) is 0 Å². The van der Waals surface area contributed by atoms with Crippen LogP contribution in [0.2, 0.25) is 0 Å². The van der Waals surface area contributed by atoms with Crippen molar-refractivity contribution in [1.29, 1.82) is 0 Å². The molecule has 0 heterocycles. The van der Waals surface area contributed by atoms with E-state index >= 15 is 0 Å². The van der Waals surface area contributed by atoms with Gasteiger partial charge in [0.15, 0.2) is 11.6 Å². The van der Waals surface area contributed by atoms with Crippen molar-refractivity contribution in [3.05, 3.63) is 28.5 Å². The van der Waals surface area contributed by atoms with Crippen LogP contribution < -0.4 is 4.74 Å². The molecule has 0 saturated heterocycles. The van der Waals surface area contributed by atoms with Gasteiger partial charge >= 0.3 is 5.97 Å². The molecule has 1 aromatic carbocycles. The van der Waals surface area contributed by atoms with Crippen molar-refractivity contribution in [2.45, 2.75) is 6.92 Å². The normalized spacial score (nSPS) is 9.58. The van der Waals surface area contributed by atoms with Crippen LogP contribution in [-0.2, 0) is 4.79 Å². The van der Waals surface area contributed by atoms with Crippen molar-refractivity contribution in [3.8, 4) is 5.75 Å². The lowest BCUT2D eigenvalue weighted by Gasteiger charge is -2.01. The van der Waals surface area contributed by atoms with Gasteiger partial charge in [0.1, 0.15) is 0 Å². The lowest BCUT2D eigenvalue weighted by atomic mass is 10.3. The van der Waals surface area contributed by atoms with Crippen LogP contribution in [0, 0.1) is 5.82 Å². The molecule has 64 valence electrons. The first-order valence-corrected chi connectivity index (χ1v) is 4.02. The lowest BCUT2D eigenvalue weighted by molar-refractivity contribution is -0.132. The number of benzene rings is 1. The minimum Gasteiger partial charge on any atom is -0.424 e. The number of hydrogen-bond acceptors (Lipinski definition) is 2. The van der Waals surface area contributed by atoms with Gasteiger partial charge in [-0.05, 0) is 18.2 Å². The van der Waals surface area contributed by atoms with E-state index in [2.05, 4.69) is 20.7 Å². The summed E-state index contributed by atoms with van der Waals surface area (Å²) in [5, 5.41) is 0. The molecule has 0 N–H and O–H groups in total.